The van der Waals surface area contributed by atoms with Crippen molar-refractivity contribution in [2.45, 2.75) is 17.5 Å². The van der Waals surface area contributed by atoms with Gasteiger partial charge in [0.2, 0.25) is 10.0 Å². The van der Waals surface area contributed by atoms with E-state index in [9.17, 15) is 21.6 Å². The van der Waals surface area contributed by atoms with Crippen LogP contribution in [-0.4, -0.2) is 39.4 Å². The van der Waals surface area contributed by atoms with Crippen molar-refractivity contribution in [2.75, 3.05) is 26.7 Å². The zero-order valence-corrected chi connectivity index (χ0v) is 12.3. The number of sulfonamides is 1. The molecule has 1 aromatic rings. The normalized spacial score (nSPS) is 20.9. The fourth-order valence-electron chi connectivity index (χ4n) is 2.54. The van der Waals surface area contributed by atoms with Gasteiger partial charge in [0.1, 0.15) is 0 Å². The highest BCUT2D eigenvalue weighted by Crippen LogP contribution is 2.36. The van der Waals surface area contributed by atoms with E-state index in [4.69, 9.17) is 0 Å². The van der Waals surface area contributed by atoms with Gasteiger partial charge in [-0.1, -0.05) is 12.1 Å². The summed E-state index contributed by atoms with van der Waals surface area (Å²) < 4.78 is 65.0. The Bertz CT molecular complexity index is 602. The molecule has 1 heterocycles. The van der Waals surface area contributed by atoms with Gasteiger partial charge in [0, 0.05) is 13.1 Å². The topological polar surface area (TPSA) is 49.4 Å². The number of nitrogens with zero attached hydrogens (tertiary/aromatic N) is 1. The Balaban J connectivity index is 2.34. The summed E-state index contributed by atoms with van der Waals surface area (Å²) in [6.45, 7) is 1.14. The zero-order valence-electron chi connectivity index (χ0n) is 11.5. The number of halogens is 3. The largest absolute Gasteiger partial charge is 0.417 e. The van der Waals surface area contributed by atoms with E-state index < -0.39 is 26.7 Å². The van der Waals surface area contributed by atoms with Gasteiger partial charge in [-0.3, -0.25) is 0 Å². The van der Waals surface area contributed by atoms with Crippen molar-refractivity contribution in [3.63, 3.8) is 0 Å². The van der Waals surface area contributed by atoms with Gasteiger partial charge in [-0.05, 0) is 38.1 Å². The summed E-state index contributed by atoms with van der Waals surface area (Å²) in [7, 11) is -2.36. The van der Waals surface area contributed by atoms with Crippen molar-refractivity contribution < 1.29 is 21.6 Å². The van der Waals surface area contributed by atoms with Gasteiger partial charge in [-0.15, -0.1) is 0 Å². The molecular weight excluding hydrogens is 305 g/mol. The zero-order chi connectivity index (χ0) is 15.7. The second kappa shape index (κ2) is 5.94. The monoisotopic (exact) mass is 322 g/mol. The Kier molecular flexibility index (Phi) is 4.60. The molecule has 118 valence electrons. The van der Waals surface area contributed by atoms with Gasteiger partial charge in [-0.2, -0.15) is 17.5 Å². The Morgan fingerprint density at radius 1 is 1.33 bits per heavy atom. The summed E-state index contributed by atoms with van der Waals surface area (Å²) >= 11 is 0. The second-order valence-electron chi connectivity index (χ2n) is 5.07. The lowest BCUT2D eigenvalue weighted by Crippen LogP contribution is -2.31. The lowest BCUT2D eigenvalue weighted by atomic mass is 10.1. The molecule has 1 aliphatic heterocycles. The quantitative estimate of drug-likeness (QED) is 0.921. The maximum absolute atomic E-state index is 13.0. The van der Waals surface area contributed by atoms with Gasteiger partial charge in [0.15, 0.2) is 0 Å². The van der Waals surface area contributed by atoms with Crippen molar-refractivity contribution in [1.82, 2.24) is 9.62 Å². The van der Waals surface area contributed by atoms with Crippen LogP contribution >= 0.6 is 0 Å². The lowest BCUT2D eigenvalue weighted by Gasteiger charge is -2.19. The van der Waals surface area contributed by atoms with E-state index in [2.05, 4.69) is 5.32 Å². The number of hydrogen-bond acceptors (Lipinski definition) is 3. The Morgan fingerprint density at radius 2 is 2.00 bits per heavy atom. The number of alkyl halides is 3. The molecule has 8 heteroatoms. The highest BCUT2D eigenvalue weighted by Gasteiger charge is 2.40. The van der Waals surface area contributed by atoms with Crippen molar-refractivity contribution in [3.8, 4) is 0 Å². The fourth-order valence-corrected chi connectivity index (χ4v) is 4.28. The van der Waals surface area contributed by atoms with E-state index in [1.165, 1.54) is 12.1 Å². The summed E-state index contributed by atoms with van der Waals surface area (Å²) in [6, 6.07) is 4.32. The van der Waals surface area contributed by atoms with E-state index in [1.807, 2.05) is 0 Å². The van der Waals surface area contributed by atoms with E-state index >= 15 is 0 Å². The first-order chi connectivity index (χ1) is 9.76. The van der Waals surface area contributed by atoms with Crippen LogP contribution in [0.5, 0.6) is 0 Å². The summed E-state index contributed by atoms with van der Waals surface area (Å²) in [6.07, 6.45) is -4.04. The van der Waals surface area contributed by atoms with Crippen LogP contribution in [0.25, 0.3) is 0 Å². The fraction of sp³-hybridized carbons (Fsp3) is 0.538. The van der Waals surface area contributed by atoms with Crippen LogP contribution in [0.4, 0.5) is 13.2 Å². The molecule has 21 heavy (non-hydrogen) atoms. The van der Waals surface area contributed by atoms with Gasteiger partial charge >= 0.3 is 6.18 Å². The average Bonchev–Trinajstić information content (AvgIpc) is 2.87. The third-order valence-electron chi connectivity index (χ3n) is 3.55. The molecule has 1 saturated heterocycles. The Morgan fingerprint density at radius 3 is 2.62 bits per heavy atom. The molecule has 0 spiro atoms. The summed E-state index contributed by atoms with van der Waals surface area (Å²) in [5.41, 5.74) is -1.11. The standard InChI is InChI=1S/C13H17F3N2O2S/c1-17-8-10-6-7-18(9-10)21(19,20)12-5-3-2-4-11(12)13(14,15)16/h2-5,10,17H,6-9H2,1H3/t10-/m0/s1. The number of rotatable bonds is 4. The van der Waals surface area contributed by atoms with Crippen LogP contribution in [0.2, 0.25) is 0 Å². The number of nitrogens with one attached hydrogen (secondary N) is 1. The van der Waals surface area contributed by atoms with Gasteiger partial charge in [-0.25, -0.2) is 8.42 Å². The first-order valence-corrected chi connectivity index (χ1v) is 8.02. The van der Waals surface area contributed by atoms with E-state index in [0.717, 1.165) is 16.4 Å². The molecule has 1 fully saturated rings. The molecule has 0 saturated carbocycles. The molecule has 0 bridgehead atoms. The van der Waals surface area contributed by atoms with Gasteiger partial charge in [0.05, 0.1) is 10.5 Å². The van der Waals surface area contributed by atoms with E-state index in [1.54, 1.807) is 7.05 Å². The molecule has 0 radical (unpaired) electrons. The maximum atomic E-state index is 13.0. The highest BCUT2D eigenvalue weighted by molar-refractivity contribution is 7.89. The molecular formula is C13H17F3N2O2S. The van der Waals surface area contributed by atoms with E-state index in [0.29, 0.717) is 13.0 Å². The van der Waals surface area contributed by atoms with Crippen molar-refractivity contribution in [1.29, 1.82) is 0 Å². The van der Waals surface area contributed by atoms with Gasteiger partial charge < -0.3 is 5.32 Å². The predicted octanol–water partition coefficient (Wildman–Crippen LogP) is 1.94. The van der Waals surface area contributed by atoms with Crippen LogP contribution in [-0.2, 0) is 16.2 Å². The SMILES string of the molecule is CNC[C@@H]1CCN(S(=O)(=O)c2ccccc2C(F)(F)F)C1. The molecule has 0 aromatic heterocycles. The molecule has 1 aliphatic rings. The minimum absolute atomic E-state index is 0.128. The minimum Gasteiger partial charge on any atom is -0.319 e. The third-order valence-corrected chi connectivity index (χ3v) is 5.47. The summed E-state index contributed by atoms with van der Waals surface area (Å²) in [5, 5.41) is 2.96. The molecule has 0 aliphatic carbocycles. The van der Waals surface area contributed by atoms with Gasteiger partial charge in [0.25, 0.3) is 0 Å². The van der Waals surface area contributed by atoms with Crippen molar-refractivity contribution >= 4 is 10.0 Å². The molecule has 1 aromatic carbocycles. The van der Waals surface area contributed by atoms with Crippen LogP contribution in [0.3, 0.4) is 0 Å². The first kappa shape index (κ1) is 16.3. The minimum atomic E-state index is -4.69. The molecule has 4 nitrogen and oxygen atoms in total. The highest BCUT2D eigenvalue weighted by atomic mass is 32.2. The van der Waals surface area contributed by atoms with Crippen molar-refractivity contribution in [3.05, 3.63) is 29.8 Å². The van der Waals surface area contributed by atoms with Crippen LogP contribution in [0.1, 0.15) is 12.0 Å². The molecule has 2 rings (SSSR count). The lowest BCUT2D eigenvalue weighted by molar-refractivity contribution is -0.139. The molecule has 0 amide bonds. The first-order valence-electron chi connectivity index (χ1n) is 6.58. The smallest absolute Gasteiger partial charge is 0.319 e. The second-order valence-corrected chi connectivity index (χ2v) is 6.98. The van der Waals surface area contributed by atoms with Crippen LogP contribution in [0.15, 0.2) is 29.2 Å². The predicted molar refractivity (Wildman–Crippen MR) is 72.2 cm³/mol. The van der Waals surface area contributed by atoms with Crippen LogP contribution in [0, 0.1) is 5.92 Å². The molecule has 1 N–H and O–H groups in total. The summed E-state index contributed by atoms with van der Waals surface area (Å²) in [5.74, 6) is 0.128. The van der Waals surface area contributed by atoms with Crippen LogP contribution < -0.4 is 5.32 Å². The number of hydrogen-bond donors (Lipinski definition) is 1. The number of benzene rings is 1. The molecule has 1 atom stereocenters. The Labute approximate surface area is 122 Å². The third kappa shape index (κ3) is 3.38. The molecule has 0 unspecified atom stereocenters. The van der Waals surface area contributed by atoms with Crippen molar-refractivity contribution in [2.24, 2.45) is 5.92 Å². The average molecular weight is 322 g/mol. The Hall–Kier alpha value is -1.12. The summed E-state index contributed by atoms with van der Waals surface area (Å²) in [4.78, 5) is -0.664. The maximum Gasteiger partial charge on any atom is 0.417 e. The van der Waals surface area contributed by atoms with E-state index in [-0.39, 0.29) is 19.0 Å².